The molecule has 0 bridgehead atoms. The Morgan fingerprint density at radius 1 is 0.949 bits per heavy atom. The summed E-state index contributed by atoms with van der Waals surface area (Å²) in [4.78, 5) is 31.9. The lowest BCUT2D eigenvalue weighted by atomic mass is 9.99. The normalized spacial score (nSPS) is 10.4. The summed E-state index contributed by atoms with van der Waals surface area (Å²) in [6.07, 6.45) is 0. The van der Waals surface area contributed by atoms with E-state index in [2.05, 4.69) is 6.07 Å². The Morgan fingerprint density at radius 3 is 2.23 bits per heavy atom. The third kappa shape index (κ3) is 6.83. The molecule has 1 heterocycles. The molecule has 4 aromatic rings. The number of pyridine rings is 1. The molecule has 0 saturated heterocycles. The van der Waals surface area contributed by atoms with Crippen molar-refractivity contribution in [3.8, 4) is 34.2 Å². The van der Waals surface area contributed by atoms with Crippen LogP contribution in [0.4, 0.5) is 5.69 Å². The van der Waals surface area contributed by atoms with Crippen molar-refractivity contribution in [2.45, 2.75) is 11.9 Å². The maximum absolute atomic E-state index is 13.4. The average molecular weight is 538 g/mol. The molecule has 0 spiro atoms. The number of carbonyl (C=O) groups excluding carboxylic acids is 2. The Kier molecular flexibility index (Phi) is 9.33. The molecule has 0 aliphatic rings. The summed E-state index contributed by atoms with van der Waals surface area (Å²) in [7, 11) is 1.61. The summed E-state index contributed by atoms with van der Waals surface area (Å²) in [6, 6.07) is 30.2. The minimum absolute atomic E-state index is 0.0315. The maximum atomic E-state index is 13.4. The van der Waals surface area contributed by atoms with Crippen LogP contribution in [0.5, 0.6) is 5.75 Å². The first-order valence-electron chi connectivity index (χ1n) is 12.3. The highest BCUT2D eigenvalue weighted by Gasteiger charge is 2.22. The second kappa shape index (κ2) is 13.3. The quantitative estimate of drug-likeness (QED) is 0.181. The minimum atomic E-state index is -0.497. The molecule has 3 aromatic carbocycles. The zero-order valence-electron chi connectivity index (χ0n) is 21.7. The molecule has 39 heavy (non-hydrogen) atoms. The Morgan fingerprint density at radius 2 is 1.62 bits per heavy atom. The fourth-order valence-corrected chi connectivity index (χ4v) is 4.84. The predicted octanol–water partition coefficient (Wildman–Crippen LogP) is 5.98. The highest BCUT2D eigenvalue weighted by molar-refractivity contribution is 8.00. The second-order valence-electron chi connectivity index (χ2n) is 8.35. The molecular weight excluding hydrogens is 510 g/mol. The Labute approximate surface area is 232 Å². The molecule has 0 atom stereocenters. The SMILES string of the molecule is CCOC(=O)CN(C(=O)CSc1nc(-c2ccc(OC)cc2)cc(-c2ccccc2)c1C#N)c1ccccc1. The number of ether oxygens (including phenoxy) is 2. The zero-order valence-corrected chi connectivity index (χ0v) is 22.5. The molecule has 0 fully saturated rings. The smallest absolute Gasteiger partial charge is 0.326 e. The first kappa shape index (κ1) is 27.4. The van der Waals surface area contributed by atoms with Crippen LogP contribution in [0, 0.1) is 11.3 Å². The molecule has 1 amide bonds. The number of amides is 1. The lowest BCUT2D eigenvalue weighted by Crippen LogP contribution is -2.37. The topological polar surface area (TPSA) is 92.5 Å². The Balaban J connectivity index is 1.70. The minimum Gasteiger partial charge on any atom is -0.497 e. The third-order valence-electron chi connectivity index (χ3n) is 5.86. The zero-order chi connectivity index (χ0) is 27.6. The van der Waals surface area contributed by atoms with E-state index in [9.17, 15) is 14.9 Å². The summed E-state index contributed by atoms with van der Waals surface area (Å²) in [5.74, 6) is -0.112. The number of aromatic nitrogens is 1. The second-order valence-corrected chi connectivity index (χ2v) is 9.31. The maximum Gasteiger partial charge on any atom is 0.326 e. The van der Waals surface area contributed by atoms with E-state index in [0.29, 0.717) is 22.0 Å². The van der Waals surface area contributed by atoms with E-state index in [4.69, 9.17) is 14.5 Å². The molecule has 0 radical (unpaired) electrons. The van der Waals surface area contributed by atoms with Gasteiger partial charge in [0.1, 0.15) is 23.4 Å². The number of nitrogens with zero attached hydrogens (tertiary/aromatic N) is 3. The highest BCUT2D eigenvalue weighted by atomic mass is 32.2. The van der Waals surface area contributed by atoms with Gasteiger partial charge in [-0.3, -0.25) is 9.59 Å². The average Bonchev–Trinajstić information content (AvgIpc) is 2.99. The van der Waals surface area contributed by atoms with Gasteiger partial charge in [-0.15, -0.1) is 0 Å². The molecule has 1 aromatic heterocycles. The van der Waals surface area contributed by atoms with Crippen LogP contribution < -0.4 is 9.64 Å². The number of methoxy groups -OCH3 is 1. The van der Waals surface area contributed by atoms with Gasteiger partial charge in [-0.25, -0.2) is 4.98 Å². The largest absolute Gasteiger partial charge is 0.497 e. The van der Waals surface area contributed by atoms with Crippen LogP contribution in [0.15, 0.2) is 96.0 Å². The molecule has 7 nitrogen and oxygen atoms in total. The lowest BCUT2D eigenvalue weighted by molar-refractivity contribution is -0.142. The third-order valence-corrected chi connectivity index (χ3v) is 6.82. The van der Waals surface area contributed by atoms with E-state index in [0.717, 1.165) is 22.4 Å². The van der Waals surface area contributed by atoms with E-state index >= 15 is 0 Å². The van der Waals surface area contributed by atoms with Gasteiger partial charge in [0.15, 0.2) is 0 Å². The van der Waals surface area contributed by atoms with E-state index in [1.165, 1.54) is 16.7 Å². The first-order valence-corrected chi connectivity index (χ1v) is 13.3. The number of carbonyl (C=O) groups is 2. The van der Waals surface area contributed by atoms with Crippen LogP contribution >= 0.6 is 11.8 Å². The highest BCUT2D eigenvalue weighted by Crippen LogP contribution is 2.35. The molecule has 0 unspecified atom stereocenters. The van der Waals surface area contributed by atoms with Crippen molar-refractivity contribution in [3.63, 3.8) is 0 Å². The summed E-state index contributed by atoms with van der Waals surface area (Å²) in [6.45, 7) is 1.73. The molecule has 4 rings (SSSR count). The van der Waals surface area contributed by atoms with Crippen LogP contribution in [0.1, 0.15) is 12.5 Å². The van der Waals surface area contributed by atoms with E-state index in [1.54, 1.807) is 38.3 Å². The van der Waals surface area contributed by atoms with Gasteiger partial charge in [0.25, 0.3) is 0 Å². The number of para-hydroxylation sites is 1. The fourth-order valence-electron chi connectivity index (χ4n) is 3.96. The Hall–Kier alpha value is -4.61. The molecule has 8 heteroatoms. The fraction of sp³-hybridized carbons (Fsp3) is 0.161. The van der Waals surface area contributed by atoms with Gasteiger partial charge in [0.05, 0.1) is 30.7 Å². The number of hydrogen-bond donors (Lipinski definition) is 0. The van der Waals surface area contributed by atoms with E-state index in [1.807, 2.05) is 66.7 Å². The van der Waals surface area contributed by atoms with Gasteiger partial charge in [-0.1, -0.05) is 60.3 Å². The number of esters is 1. The molecule has 0 saturated carbocycles. The van der Waals surface area contributed by atoms with Crippen LogP contribution in [-0.4, -0.2) is 42.9 Å². The van der Waals surface area contributed by atoms with Crippen LogP contribution in [0.3, 0.4) is 0 Å². The number of thioether (sulfide) groups is 1. The van der Waals surface area contributed by atoms with E-state index < -0.39 is 5.97 Å². The first-order chi connectivity index (χ1) is 19.0. The summed E-state index contributed by atoms with van der Waals surface area (Å²) in [5, 5.41) is 10.6. The molecule has 196 valence electrons. The van der Waals surface area contributed by atoms with Gasteiger partial charge >= 0.3 is 5.97 Å². The van der Waals surface area contributed by atoms with Crippen LogP contribution in [0.2, 0.25) is 0 Å². The van der Waals surface area contributed by atoms with Gasteiger partial charge in [0, 0.05) is 16.8 Å². The van der Waals surface area contributed by atoms with E-state index in [-0.39, 0.29) is 24.8 Å². The summed E-state index contributed by atoms with van der Waals surface area (Å²) in [5.41, 5.74) is 4.07. The molecular formula is C31H27N3O4S. The number of hydrogen-bond acceptors (Lipinski definition) is 7. The monoisotopic (exact) mass is 537 g/mol. The predicted molar refractivity (Wildman–Crippen MR) is 153 cm³/mol. The number of benzene rings is 3. The van der Waals surface area contributed by atoms with Crippen LogP contribution in [0.25, 0.3) is 22.4 Å². The van der Waals surface area contributed by atoms with Crippen molar-refractivity contribution in [1.29, 1.82) is 5.26 Å². The standard InChI is InChI=1S/C31H27N3O4S/c1-3-38-30(36)20-34(24-12-8-5-9-13-24)29(35)21-39-31-27(19-32)26(22-10-6-4-7-11-22)18-28(33-31)23-14-16-25(37-2)17-15-23/h4-18H,3,20-21H2,1-2H3. The summed E-state index contributed by atoms with van der Waals surface area (Å²) >= 11 is 1.17. The Bertz CT molecular complexity index is 1470. The number of rotatable bonds is 10. The van der Waals surface area contributed by atoms with Crippen molar-refractivity contribution in [2.24, 2.45) is 0 Å². The van der Waals surface area contributed by atoms with Crippen LogP contribution in [-0.2, 0) is 14.3 Å². The van der Waals surface area contributed by atoms with Crippen molar-refractivity contribution >= 4 is 29.3 Å². The van der Waals surface area contributed by atoms with Gasteiger partial charge in [-0.05, 0) is 55.0 Å². The summed E-state index contributed by atoms with van der Waals surface area (Å²) < 4.78 is 10.4. The van der Waals surface area contributed by atoms with Crippen molar-refractivity contribution in [3.05, 3.63) is 96.6 Å². The van der Waals surface area contributed by atoms with Gasteiger partial charge < -0.3 is 14.4 Å². The molecule has 0 N–H and O–H groups in total. The van der Waals surface area contributed by atoms with Crippen molar-refractivity contribution in [2.75, 3.05) is 30.9 Å². The number of anilines is 1. The number of nitriles is 1. The van der Waals surface area contributed by atoms with Gasteiger partial charge in [0.2, 0.25) is 5.91 Å². The van der Waals surface area contributed by atoms with Crippen molar-refractivity contribution < 1.29 is 19.1 Å². The molecule has 0 aliphatic heterocycles. The lowest BCUT2D eigenvalue weighted by Gasteiger charge is -2.22. The molecule has 0 aliphatic carbocycles. The van der Waals surface area contributed by atoms with Crippen molar-refractivity contribution in [1.82, 2.24) is 4.98 Å². The van der Waals surface area contributed by atoms with Gasteiger partial charge in [-0.2, -0.15) is 5.26 Å².